The van der Waals surface area contributed by atoms with E-state index in [0.29, 0.717) is 29.2 Å². The average molecular weight is 269 g/mol. The highest BCUT2D eigenvalue weighted by atomic mass is 35.5. The molecule has 1 atom stereocenters. The lowest BCUT2D eigenvalue weighted by molar-refractivity contribution is -0.119. The number of Topliss-reactive ketones (excluding diaryl/α,β-unsaturated/α-hetero) is 1. The van der Waals surface area contributed by atoms with E-state index < -0.39 is 6.04 Å². The van der Waals surface area contributed by atoms with Crippen molar-refractivity contribution in [1.29, 1.82) is 0 Å². The van der Waals surface area contributed by atoms with Crippen LogP contribution < -0.4 is 10.2 Å². The first-order valence-electron chi connectivity index (χ1n) is 5.24. The number of anilines is 2. The number of carbonyl (C=O) groups is 3. The van der Waals surface area contributed by atoms with Gasteiger partial charge in [-0.15, -0.1) is 0 Å². The molecule has 18 heavy (non-hydrogen) atoms. The Morgan fingerprint density at radius 2 is 2.06 bits per heavy atom. The standard InChI is InChI=1S/C12H13ClN2O3/c1-8(9(2)18)15(7-17)12-4-10(13)3-11(5-12)14-6-16/h3-8H,1-2H3,(H,14,16). The molecular formula is C12H13ClN2O3. The summed E-state index contributed by atoms with van der Waals surface area (Å²) in [5.41, 5.74) is 0.902. The zero-order valence-corrected chi connectivity index (χ0v) is 10.8. The number of carbonyl (C=O) groups excluding carboxylic acids is 3. The smallest absolute Gasteiger partial charge is 0.214 e. The number of nitrogens with one attached hydrogen (secondary N) is 1. The molecule has 0 aliphatic rings. The molecule has 5 nitrogen and oxygen atoms in total. The second-order valence-corrected chi connectivity index (χ2v) is 4.20. The second-order valence-electron chi connectivity index (χ2n) is 3.76. The van der Waals surface area contributed by atoms with Crippen LogP contribution in [0.25, 0.3) is 0 Å². The Morgan fingerprint density at radius 1 is 1.39 bits per heavy atom. The number of hydrogen-bond donors (Lipinski definition) is 1. The van der Waals surface area contributed by atoms with Gasteiger partial charge in [0.15, 0.2) is 5.78 Å². The van der Waals surface area contributed by atoms with Crippen LogP contribution in [0.1, 0.15) is 13.8 Å². The molecule has 96 valence electrons. The fraction of sp³-hybridized carbons (Fsp3) is 0.250. The molecule has 0 saturated carbocycles. The van der Waals surface area contributed by atoms with Gasteiger partial charge < -0.3 is 10.2 Å². The first-order chi connectivity index (χ1) is 8.49. The molecule has 0 aliphatic carbocycles. The van der Waals surface area contributed by atoms with Crippen molar-refractivity contribution in [2.75, 3.05) is 10.2 Å². The van der Waals surface area contributed by atoms with Crippen molar-refractivity contribution in [3.63, 3.8) is 0 Å². The Bertz CT molecular complexity index is 476. The lowest BCUT2D eigenvalue weighted by atomic mass is 10.1. The fourth-order valence-corrected chi connectivity index (χ4v) is 1.68. The monoisotopic (exact) mass is 268 g/mol. The molecule has 1 aromatic carbocycles. The van der Waals surface area contributed by atoms with Gasteiger partial charge in [-0.1, -0.05) is 11.6 Å². The van der Waals surface area contributed by atoms with Crippen molar-refractivity contribution in [3.8, 4) is 0 Å². The highest BCUT2D eigenvalue weighted by molar-refractivity contribution is 6.31. The summed E-state index contributed by atoms with van der Waals surface area (Å²) in [7, 11) is 0. The number of benzene rings is 1. The van der Waals surface area contributed by atoms with E-state index in [1.54, 1.807) is 25.1 Å². The van der Waals surface area contributed by atoms with Crippen LogP contribution in [0.4, 0.5) is 11.4 Å². The summed E-state index contributed by atoms with van der Waals surface area (Å²) in [4.78, 5) is 34.0. The van der Waals surface area contributed by atoms with Gasteiger partial charge in [0, 0.05) is 16.4 Å². The lowest BCUT2D eigenvalue weighted by Crippen LogP contribution is -2.36. The largest absolute Gasteiger partial charge is 0.329 e. The number of rotatable bonds is 6. The van der Waals surface area contributed by atoms with Crippen LogP contribution in [-0.2, 0) is 14.4 Å². The van der Waals surface area contributed by atoms with Gasteiger partial charge in [0.1, 0.15) is 0 Å². The number of nitrogens with zero attached hydrogens (tertiary/aromatic N) is 1. The third-order valence-electron chi connectivity index (χ3n) is 2.53. The van der Waals surface area contributed by atoms with Crippen LogP contribution in [0.3, 0.4) is 0 Å². The lowest BCUT2D eigenvalue weighted by Gasteiger charge is -2.23. The van der Waals surface area contributed by atoms with Gasteiger partial charge in [0.05, 0.1) is 6.04 Å². The Hall–Kier alpha value is -1.88. The van der Waals surface area contributed by atoms with Gasteiger partial charge >= 0.3 is 0 Å². The third-order valence-corrected chi connectivity index (χ3v) is 2.74. The van der Waals surface area contributed by atoms with Crippen LogP contribution in [0.5, 0.6) is 0 Å². The summed E-state index contributed by atoms with van der Waals surface area (Å²) in [5.74, 6) is -0.146. The van der Waals surface area contributed by atoms with Gasteiger partial charge in [0.25, 0.3) is 0 Å². The van der Waals surface area contributed by atoms with Crippen molar-refractivity contribution in [2.45, 2.75) is 19.9 Å². The molecule has 1 N–H and O–H groups in total. The molecule has 0 aromatic heterocycles. The van der Waals surface area contributed by atoms with Crippen molar-refractivity contribution in [3.05, 3.63) is 23.2 Å². The molecular weight excluding hydrogens is 256 g/mol. The van der Waals surface area contributed by atoms with Gasteiger partial charge in [-0.3, -0.25) is 14.4 Å². The van der Waals surface area contributed by atoms with Gasteiger partial charge in [-0.05, 0) is 32.0 Å². The molecule has 1 rings (SSSR count). The predicted molar refractivity (Wildman–Crippen MR) is 69.8 cm³/mol. The minimum Gasteiger partial charge on any atom is -0.329 e. The zero-order chi connectivity index (χ0) is 13.7. The fourth-order valence-electron chi connectivity index (χ4n) is 1.45. The molecule has 0 heterocycles. The zero-order valence-electron chi connectivity index (χ0n) is 10.0. The maximum atomic E-state index is 11.3. The van der Waals surface area contributed by atoms with Crippen LogP contribution in [0.15, 0.2) is 18.2 Å². The van der Waals surface area contributed by atoms with Crippen LogP contribution >= 0.6 is 11.6 Å². The Morgan fingerprint density at radius 3 is 2.56 bits per heavy atom. The molecule has 1 unspecified atom stereocenters. The van der Waals surface area contributed by atoms with Crippen molar-refractivity contribution in [1.82, 2.24) is 0 Å². The van der Waals surface area contributed by atoms with Crippen molar-refractivity contribution < 1.29 is 14.4 Å². The minimum atomic E-state index is -0.593. The molecule has 0 spiro atoms. The summed E-state index contributed by atoms with van der Waals surface area (Å²) in [6, 6.07) is 4.06. The van der Waals surface area contributed by atoms with E-state index in [4.69, 9.17) is 11.6 Å². The van der Waals surface area contributed by atoms with Crippen LogP contribution in [-0.4, -0.2) is 24.6 Å². The van der Waals surface area contributed by atoms with E-state index in [0.717, 1.165) is 0 Å². The molecule has 0 aliphatic heterocycles. The molecule has 0 fully saturated rings. The molecule has 2 amide bonds. The maximum absolute atomic E-state index is 11.3. The third kappa shape index (κ3) is 3.30. The summed E-state index contributed by atoms with van der Waals surface area (Å²) >= 11 is 5.89. The number of amides is 2. The predicted octanol–water partition coefficient (Wildman–Crippen LogP) is 1.85. The Labute approximate surface area is 110 Å². The van der Waals surface area contributed by atoms with E-state index in [-0.39, 0.29) is 5.78 Å². The highest BCUT2D eigenvalue weighted by Crippen LogP contribution is 2.26. The van der Waals surface area contributed by atoms with E-state index in [9.17, 15) is 14.4 Å². The van der Waals surface area contributed by atoms with E-state index in [1.165, 1.54) is 11.8 Å². The highest BCUT2D eigenvalue weighted by Gasteiger charge is 2.18. The molecule has 1 aromatic rings. The normalized spacial score (nSPS) is 11.5. The topological polar surface area (TPSA) is 66.5 Å². The minimum absolute atomic E-state index is 0.146. The Kier molecular flexibility index (Phi) is 4.85. The van der Waals surface area contributed by atoms with Crippen molar-refractivity contribution in [2.24, 2.45) is 0 Å². The first-order valence-corrected chi connectivity index (χ1v) is 5.62. The summed E-state index contributed by atoms with van der Waals surface area (Å²) in [6.07, 6.45) is 1.07. The quantitative estimate of drug-likeness (QED) is 0.801. The molecule has 6 heteroatoms. The van der Waals surface area contributed by atoms with E-state index in [1.807, 2.05) is 0 Å². The van der Waals surface area contributed by atoms with Gasteiger partial charge in [-0.25, -0.2) is 0 Å². The number of hydrogen-bond acceptors (Lipinski definition) is 3. The summed E-state index contributed by atoms with van der Waals surface area (Å²) in [6.45, 7) is 3.01. The average Bonchev–Trinajstić information content (AvgIpc) is 2.29. The SMILES string of the molecule is CC(=O)C(C)N(C=O)c1cc(Cl)cc(NC=O)c1. The first kappa shape index (κ1) is 14.2. The number of ketones is 1. The van der Waals surface area contributed by atoms with Gasteiger partial charge in [0.2, 0.25) is 12.8 Å². The Balaban J connectivity index is 3.16. The van der Waals surface area contributed by atoms with Crippen LogP contribution in [0.2, 0.25) is 5.02 Å². The molecule has 0 radical (unpaired) electrons. The summed E-state index contributed by atoms with van der Waals surface area (Å²) in [5, 5.41) is 2.80. The van der Waals surface area contributed by atoms with E-state index in [2.05, 4.69) is 5.32 Å². The molecule has 0 saturated heterocycles. The maximum Gasteiger partial charge on any atom is 0.214 e. The van der Waals surface area contributed by atoms with Crippen molar-refractivity contribution >= 4 is 41.6 Å². The number of halogens is 1. The summed E-state index contributed by atoms with van der Waals surface area (Å²) < 4.78 is 0. The second kappa shape index (κ2) is 6.16. The van der Waals surface area contributed by atoms with E-state index >= 15 is 0 Å². The van der Waals surface area contributed by atoms with Crippen LogP contribution in [0, 0.1) is 0 Å². The molecule has 0 bridgehead atoms. The van der Waals surface area contributed by atoms with Gasteiger partial charge in [-0.2, -0.15) is 0 Å².